The van der Waals surface area contributed by atoms with Crippen LogP contribution in [0.15, 0.2) is 34.7 Å². The van der Waals surface area contributed by atoms with Crippen LogP contribution in [0.2, 0.25) is 0 Å². The van der Waals surface area contributed by atoms with Gasteiger partial charge in [0.2, 0.25) is 0 Å². The van der Waals surface area contributed by atoms with Gasteiger partial charge in [-0.15, -0.1) is 0 Å². The minimum atomic E-state index is -4.35. The van der Waals surface area contributed by atoms with E-state index in [0.717, 1.165) is 25.0 Å². The molecule has 1 atom stereocenters. The van der Waals surface area contributed by atoms with Crippen LogP contribution in [0.5, 0.6) is 0 Å². The normalized spacial score (nSPS) is 26.8. The molecule has 0 amide bonds. The van der Waals surface area contributed by atoms with Gasteiger partial charge in [-0.25, -0.2) is 4.39 Å². The molecule has 2 rings (SSSR count). The van der Waals surface area contributed by atoms with Gasteiger partial charge in [0.1, 0.15) is 5.83 Å². The van der Waals surface area contributed by atoms with Crippen molar-refractivity contribution in [3.63, 3.8) is 0 Å². The van der Waals surface area contributed by atoms with Gasteiger partial charge in [0.05, 0.1) is 0 Å². The van der Waals surface area contributed by atoms with E-state index in [4.69, 9.17) is 0 Å². The third kappa shape index (κ3) is 3.24. The predicted molar refractivity (Wildman–Crippen MR) is 81.4 cm³/mol. The lowest BCUT2D eigenvalue weighted by molar-refractivity contribution is -0.163. The van der Waals surface area contributed by atoms with Gasteiger partial charge >= 0.3 is 11.8 Å². The fraction of sp³-hybridized carbons (Fsp3) is 0.667. The summed E-state index contributed by atoms with van der Waals surface area (Å²) in [6.45, 7) is 3.64. The van der Waals surface area contributed by atoms with Crippen molar-refractivity contribution in [2.45, 2.75) is 70.6 Å². The van der Waals surface area contributed by atoms with E-state index in [1.165, 1.54) is 0 Å². The van der Waals surface area contributed by atoms with Gasteiger partial charge in [-0.1, -0.05) is 45.3 Å². The topological polar surface area (TPSA) is 0 Å². The maximum absolute atomic E-state index is 14.4. The van der Waals surface area contributed by atoms with Crippen LogP contribution in [0.4, 0.5) is 22.0 Å². The highest BCUT2D eigenvalue weighted by molar-refractivity contribution is 5.49. The SMILES string of the molecule is CCCC1=CC=C(C2=C(F)CC(CCC)CC2)C(F)(F)C1(F)F. The molecule has 0 N–H and O–H groups in total. The van der Waals surface area contributed by atoms with Gasteiger partial charge in [0, 0.05) is 17.6 Å². The summed E-state index contributed by atoms with van der Waals surface area (Å²) < 4.78 is 71.3. The molecular formula is C18H23F5. The second-order valence-corrected chi connectivity index (χ2v) is 6.45. The number of allylic oxidation sites excluding steroid dienone is 6. The largest absolute Gasteiger partial charge is 0.339 e. The lowest BCUT2D eigenvalue weighted by Crippen LogP contribution is -2.46. The first-order valence-corrected chi connectivity index (χ1v) is 8.31. The van der Waals surface area contributed by atoms with Crippen molar-refractivity contribution in [2.75, 3.05) is 0 Å². The van der Waals surface area contributed by atoms with Crippen LogP contribution in [0.25, 0.3) is 0 Å². The van der Waals surface area contributed by atoms with E-state index in [0.29, 0.717) is 12.8 Å². The molecule has 0 saturated carbocycles. The Bertz CT molecular complexity index is 540. The highest BCUT2D eigenvalue weighted by Gasteiger charge is 2.62. The summed E-state index contributed by atoms with van der Waals surface area (Å²) in [5.74, 6) is -9.13. The number of halogens is 5. The summed E-state index contributed by atoms with van der Waals surface area (Å²) in [5.41, 5.74) is -1.63. The first-order valence-electron chi connectivity index (χ1n) is 8.31. The number of hydrogen-bond donors (Lipinski definition) is 0. The van der Waals surface area contributed by atoms with Crippen molar-refractivity contribution in [2.24, 2.45) is 5.92 Å². The Morgan fingerprint density at radius 1 is 1.04 bits per heavy atom. The van der Waals surface area contributed by atoms with Crippen LogP contribution in [-0.2, 0) is 0 Å². The third-order valence-electron chi connectivity index (χ3n) is 4.73. The summed E-state index contributed by atoms with van der Waals surface area (Å²) in [7, 11) is 0. The molecule has 23 heavy (non-hydrogen) atoms. The molecule has 0 saturated heterocycles. The highest BCUT2D eigenvalue weighted by atomic mass is 19.3. The Labute approximate surface area is 134 Å². The summed E-state index contributed by atoms with van der Waals surface area (Å²) in [6, 6.07) is 0. The third-order valence-corrected chi connectivity index (χ3v) is 4.73. The zero-order chi connectivity index (χ0) is 17.3. The molecule has 0 bridgehead atoms. The van der Waals surface area contributed by atoms with Gasteiger partial charge < -0.3 is 0 Å². The van der Waals surface area contributed by atoms with Crippen LogP contribution in [-0.4, -0.2) is 11.8 Å². The summed E-state index contributed by atoms with van der Waals surface area (Å²) >= 11 is 0. The van der Waals surface area contributed by atoms with E-state index in [1.54, 1.807) is 6.92 Å². The van der Waals surface area contributed by atoms with E-state index < -0.39 is 28.8 Å². The number of alkyl halides is 4. The molecule has 0 aromatic heterocycles. The second kappa shape index (κ2) is 6.78. The fourth-order valence-electron chi connectivity index (χ4n) is 3.46. The summed E-state index contributed by atoms with van der Waals surface area (Å²) in [5, 5.41) is 0. The Kier molecular flexibility index (Phi) is 5.37. The molecular weight excluding hydrogens is 311 g/mol. The summed E-state index contributed by atoms with van der Waals surface area (Å²) in [6.07, 6.45) is 4.79. The zero-order valence-corrected chi connectivity index (χ0v) is 13.6. The van der Waals surface area contributed by atoms with E-state index in [2.05, 4.69) is 0 Å². The van der Waals surface area contributed by atoms with Crippen LogP contribution in [0, 0.1) is 5.92 Å². The maximum Gasteiger partial charge on any atom is 0.339 e. The van der Waals surface area contributed by atoms with E-state index >= 15 is 0 Å². The second-order valence-electron chi connectivity index (χ2n) is 6.45. The van der Waals surface area contributed by atoms with Gasteiger partial charge in [0.15, 0.2) is 0 Å². The first kappa shape index (κ1) is 18.2. The Morgan fingerprint density at radius 2 is 1.74 bits per heavy atom. The van der Waals surface area contributed by atoms with Crippen molar-refractivity contribution in [1.82, 2.24) is 0 Å². The molecule has 0 aliphatic heterocycles. The molecule has 0 spiro atoms. The van der Waals surface area contributed by atoms with Crippen LogP contribution < -0.4 is 0 Å². The molecule has 0 aromatic rings. The molecule has 0 heterocycles. The molecule has 0 fully saturated rings. The van der Waals surface area contributed by atoms with Crippen molar-refractivity contribution in [1.29, 1.82) is 0 Å². The van der Waals surface area contributed by atoms with Gasteiger partial charge in [-0.2, -0.15) is 17.6 Å². The minimum absolute atomic E-state index is 0.0771. The van der Waals surface area contributed by atoms with Crippen molar-refractivity contribution < 1.29 is 22.0 Å². The number of rotatable bonds is 5. The van der Waals surface area contributed by atoms with Crippen LogP contribution >= 0.6 is 0 Å². The van der Waals surface area contributed by atoms with E-state index in [9.17, 15) is 22.0 Å². The zero-order valence-electron chi connectivity index (χ0n) is 13.6. The maximum atomic E-state index is 14.4. The standard InChI is InChI=1S/C18H23F5/c1-3-5-12-7-9-14(16(19)11-12)15-10-8-13(6-4-2)17(20,21)18(15,22)23/h8,10,12H,3-7,9,11H2,1-2H3. The van der Waals surface area contributed by atoms with Crippen molar-refractivity contribution in [3.8, 4) is 0 Å². The van der Waals surface area contributed by atoms with Gasteiger partial charge in [0.25, 0.3) is 0 Å². The molecule has 130 valence electrons. The molecule has 0 nitrogen and oxygen atoms in total. The highest BCUT2D eigenvalue weighted by Crippen LogP contribution is 2.52. The molecule has 0 aromatic carbocycles. The molecule has 2 aliphatic rings. The van der Waals surface area contributed by atoms with Crippen molar-refractivity contribution in [3.05, 3.63) is 34.7 Å². The summed E-state index contributed by atoms with van der Waals surface area (Å²) in [4.78, 5) is 0. The lowest BCUT2D eigenvalue weighted by atomic mass is 9.78. The minimum Gasteiger partial charge on any atom is -0.212 e. The van der Waals surface area contributed by atoms with E-state index in [1.807, 2.05) is 6.92 Å². The quantitative estimate of drug-likeness (QED) is 0.488. The Balaban J connectivity index is 2.37. The fourth-order valence-corrected chi connectivity index (χ4v) is 3.46. The molecule has 5 heteroatoms. The van der Waals surface area contributed by atoms with Crippen molar-refractivity contribution >= 4 is 0 Å². The smallest absolute Gasteiger partial charge is 0.212 e. The van der Waals surface area contributed by atoms with Gasteiger partial charge in [-0.05, 0) is 30.8 Å². The Hall–Kier alpha value is -1.13. The molecule has 0 radical (unpaired) electrons. The van der Waals surface area contributed by atoms with Crippen LogP contribution in [0.1, 0.15) is 58.8 Å². The Morgan fingerprint density at radius 3 is 2.30 bits per heavy atom. The average Bonchev–Trinajstić information content (AvgIpc) is 2.46. The molecule has 1 unspecified atom stereocenters. The van der Waals surface area contributed by atoms with Crippen LogP contribution in [0.3, 0.4) is 0 Å². The van der Waals surface area contributed by atoms with E-state index in [-0.39, 0.29) is 30.8 Å². The predicted octanol–water partition coefficient (Wildman–Crippen LogP) is 6.75. The first-order chi connectivity index (χ1) is 10.8. The number of hydrogen-bond acceptors (Lipinski definition) is 0. The lowest BCUT2D eigenvalue weighted by Gasteiger charge is -2.35. The molecule has 2 aliphatic carbocycles. The van der Waals surface area contributed by atoms with Gasteiger partial charge in [-0.3, -0.25) is 0 Å². The monoisotopic (exact) mass is 334 g/mol. The average molecular weight is 334 g/mol.